The van der Waals surface area contributed by atoms with E-state index in [-0.39, 0.29) is 27.6 Å². The molecule has 35 heavy (non-hydrogen) atoms. The lowest BCUT2D eigenvalue weighted by Crippen LogP contribution is -2.17. The van der Waals surface area contributed by atoms with Crippen molar-refractivity contribution in [2.24, 2.45) is 4.99 Å². The average Bonchev–Trinajstić information content (AvgIpc) is 3.15. The molecular formula is C24H19N3O5S3. The van der Waals surface area contributed by atoms with Gasteiger partial charge >= 0.3 is 0 Å². The number of rotatable bonds is 6. The Bertz CT molecular complexity index is 1760. The lowest BCUT2D eigenvalue weighted by Gasteiger charge is -2.08. The van der Waals surface area contributed by atoms with Crippen LogP contribution in [0.15, 0.2) is 87.6 Å². The fraction of sp³-hybridized carbons (Fsp3) is 0.0833. The number of benzene rings is 3. The van der Waals surface area contributed by atoms with Gasteiger partial charge in [0, 0.05) is 17.5 Å². The van der Waals surface area contributed by atoms with Crippen molar-refractivity contribution in [3.8, 4) is 12.3 Å². The standard InChI is InChI=1S/C24H19N3O5S3/c1-3-14-27-21-13-12-20(34(2,29)30)16-22(21)33-24(27)25-23(28)17-8-7-9-18(15-17)26-35(31,32)19-10-5-4-6-11-19/h1,4-13,15-16,26H,14H2,2H3. The van der Waals surface area contributed by atoms with E-state index in [1.54, 1.807) is 34.9 Å². The van der Waals surface area contributed by atoms with Crippen LogP contribution < -0.4 is 9.52 Å². The number of anilines is 1. The number of sulfone groups is 1. The van der Waals surface area contributed by atoms with Gasteiger partial charge in [-0.1, -0.05) is 41.5 Å². The van der Waals surface area contributed by atoms with Crippen LogP contribution in [-0.4, -0.2) is 33.6 Å². The molecule has 1 aromatic heterocycles. The number of amides is 1. The van der Waals surface area contributed by atoms with Crippen LogP contribution >= 0.6 is 11.3 Å². The minimum absolute atomic E-state index is 0.0930. The van der Waals surface area contributed by atoms with Crippen LogP contribution in [0.25, 0.3) is 10.2 Å². The van der Waals surface area contributed by atoms with Gasteiger partial charge in [-0.2, -0.15) is 4.99 Å². The number of thiazole rings is 1. The van der Waals surface area contributed by atoms with Crippen molar-refractivity contribution >= 4 is 53.0 Å². The fourth-order valence-corrected chi connectivity index (χ4v) is 6.15. The van der Waals surface area contributed by atoms with Crippen LogP contribution in [0.4, 0.5) is 5.69 Å². The molecule has 0 unspecified atom stereocenters. The van der Waals surface area contributed by atoms with Crippen molar-refractivity contribution in [2.75, 3.05) is 11.0 Å². The Balaban J connectivity index is 1.72. The molecule has 0 bridgehead atoms. The van der Waals surface area contributed by atoms with Crippen LogP contribution in [0.2, 0.25) is 0 Å². The summed E-state index contributed by atoms with van der Waals surface area (Å²) in [4.78, 5) is 17.7. The Morgan fingerprint density at radius 2 is 1.74 bits per heavy atom. The first-order valence-corrected chi connectivity index (χ1v) is 14.3. The molecule has 3 aromatic carbocycles. The third kappa shape index (κ3) is 5.35. The maximum Gasteiger partial charge on any atom is 0.279 e. The second-order valence-electron chi connectivity index (χ2n) is 7.49. The van der Waals surface area contributed by atoms with E-state index < -0.39 is 25.8 Å². The molecule has 8 nitrogen and oxygen atoms in total. The highest BCUT2D eigenvalue weighted by molar-refractivity contribution is 7.92. The number of carbonyl (C=O) groups is 1. The summed E-state index contributed by atoms with van der Waals surface area (Å²) in [6, 6.07) is 18.5. The van der Waals surface area contributed by atoms with E-state index in [2.05, 4.69) is 15.6 Å². The number of hydrogen-bond acceptors (Lipinski definition) is 6. The fourth-order valence-electron chi connectivity index (χ4n) is 3.29. The summed E-state index contributed by atoms with van der Waals surface area (Å²) in [5.41, 5.74) is 1.02. The predicted molar refractivity (Wildman–Crippen MR) is 135 cm³/mol. The van der Waals surface area contributed by atoms with Crippen LogP contribution in [0.1, 0.15) is 10.4 Å². The Labute approximate surface area is 206 Å². The van der Waals surface area contributed by atoms with Crippen molar-refractivity contribution in [3.05, 3.63) is 83.2 Å². The summed E-state index contributed by atoms with van der Waals surface area (Å²) in [5.74, 6) is 1.91. The second-order valence-corrected chi connectivity index (χ2v) is 12.2. The van der Waals surface area contributed by atoms with Gasteiger partial charge in [0.05, 0.1) is 26.6 Å². The Kier molecular flexibility index (Phi) is 6.62. The first-order valence-electron chi connectivity index (χ1n) is 10.1. The predicted octanol–water partition coefficient (Wildman–Crippen LogP) is 3.28. The number of carbonyl (C=O) groups excluding carboxylic acids is 1. The SMILES string of the molecule is C#CCn1c(=NC(=O)c2cccc(NS(=O)(=O)c3ccccc3)c2)sc2cc(S(C)(=O)=O)ccc21. The maximum atomic E-state index is 13.0. The number of hydrogen-bond donors (Lipinski definition) is 1. The lowest BCUT2D eigenvalue weighted by atomic mass is 10.2. The van der Waals surface area contributed by atoms with E-state index in [9.17, 15) is 21.6 Å². The topological polar surface area (TPSA) is 115 Å². The van der Waals surface area contributed by atoms with E-state index in [1.165, 1.54) is 42.5 Å². The molecule has 4 aromatic rings. The molecular weight excluding hydrogens is 506 g/mol. The van der Waals surface area contributed by atoms with Crippen molar-refractivity contribution in [2.45, 2.75) is 16.3 Å². The van der Waals surface area contributed by atoms with Crippen molar-refractivity contribution in [3.63, 3.8) is 0 Å². The van der Waals surface area contributed by atoms with E-state index >= 15 is 0 Å². The summed E-state index contributed by atoms with van der Waals surface area (Å²) < 4.78 is 53.8. The number of nitrogens with one attached hydrogen (secondary N) is 1. The van der Waals surface area contributed by atoms with Crippen molar-refractivity contribution in [1.29, 1.82) is 0 Å². The summed E-state index contributed by atoms with van der Waals surface area (Å²) >= 11 is 1.13. The molecule has 0 aliphatic rings. The minimum atomic E-state index is -3.83. The largest absolute Gasteiger partial charge is 0.305 e. The normalized spacial score (nSPS) is 12.4. The molecule has 1 heterocycles. The van der Waals surface area contributed by atoms with Gasteiger partial charge in [-0.05, 0) is 48.5 Å². The molecule has 11 heteroatoms. The highest BCUT2D eigenvalue weighted by Crippen LogP contribution is 2.22. The number of aromatic nitrogens is 1. The zero-order chi connectivity index (χ0) is 25.2. The minimum Gasteiger partial charge on any atom is -0.305 e. The van der Waals surface area contributed by atoms with Gasteiger partial charge in [0.1, 0.15) is 0 Å². The molecule has 1 amide bonds. The van der Waals surface area contributed by atoms with Crippen LogP contribution in [0.5, 0.6) is 0 Å². The summed E-state index contributed by atoms with van der Waals surface area (Å²) in [5, 5.41) is 0. The molecule has 0 saturated heterocycles. The van der Waals surface area contributed by atoms with Crippen molar-refractivity contribution in [1.82, 2.24) is 4.57 Å². The molecule has 0 fully saturated rings. The van der Waals surface area contributed by atoms with Gasteiger partial charge < -0.3 is 4.57 Å². The van der Waals surface area contributed by atoms with E-state index in [0.29, 0.717) is 15.0 Å². The van der Waals surface area contributed by atoms with E-state index in [0.717, 1.165) is 17.6 Å². The summed E-state index contributed by atoms with van der Waals surface area (Å²) in [6.45, 7) is 0.126. The summed E-state index contributed by atoms with van der Waals surface area (Å²) in [7, 11) is -7.24. The monoisotopic (exact) mass is 525 g/mol. The van der Waals surface area contributed by atoms with Crippen LogP contribution in [-0.2, 0) is 26.4 Å². The highest BCUT2D eigenvalue weighted by atomic mass is 32.2. The van der Waals surface area contributed by atoms with Gasteiger partial charge in [0.25, 0.3) is 15.9 Å². The van der Waals surface area contributed by atoms with Gasteiger partial charge in [0.15, 0.2) is 14.6 Å². The Hall–Kier alpha value is -3.72. The number of nitrogens with zero attached hydrogens (tertiary/aromatic N) is 2. The molecule has 0 radical (unpaired) electrons. The smallest absolute Gasteiger partial charge is 0.279 e. The number of sulfonamides is 1. The third-order valence-electron chi connectivity index (χ3n) is 4.94. The van der Waals surface area contributed by atoms with Gasteiger partial charge in [-0.25, -0.2) is 16.8 Å². The van der Waals surface area contributed by atoms with Crippen LogP contribution in [0.3, 0.4) is 0 Å². The average molecular weight is 526 g/mol. The maximum absolute atomic E-state index is 13.0. The quantitative estimate of drug-likeness (QED) is 0.388. The third-order valence-corrected chi connectivity index (χ3v) is 8.49. The molecule has 0 aliphatic carbocycles. The number of terminal acetylenes is 1. The van der Waals surface area contributed by atoms with Crippen molar-refractivity contribution < 1.29 is 21.6 Å². The molecule has 0 saturated carbocycles. The zero-order valence-corrected chi connectivity index (χ0v) is 20.8. The number of fused-ring (bicyclic) bond motifs is 1. The first-order chi connectivity index (χ1) is 16.6. The Morgan fingerprint density at radius 1 is 1.00 bits per heavy atom. The van der Waals surface area contributed by atoms with Gasteiger partial charge in [0.2, 0.25) is 0 Å². The molecule has 0 spiro atoms. The molecule has 178 valence electrons. The first kappa shape index (κ1) is 24.4. The van der Waals surface area contributed by atoms with Gasteiger partial charge in [-0.3, -0.25) is 9.52 Å². The molecule has 0 atom stereocenters. The molecule has 4 rings (SSSR count). The lowest BCUT2D eigenvalue weighted by molar-refractivity contribution is 0.0998. The highest BCUT2D eigenvalue weighted by Gasteiger charge is 2.16. The van der Waals surface area contributed by atoms with E-state index in [1.807, 2.05) is 0 Å². The second kappa shape index (κ2) is 9.50. The zero-order valence-electron chi connectivity index (χ0n) is 18.4. The van der Waals surface area contributed by atoms with Crippen LogP contribution in [0, 0.1) is 12.3 Å². The molecule has 0 aliphatic heterocycles. The Morgan fingerprint density at radius 3 is 2.43 bits per heavy atom. The summed E-state index contributed by atoms with van der Waals surface area (Å²) in [6.07, 6.45) is 6.61. The van der Waals surface area contributed by atoms with Gasteiger partial charge in [-0.15, -0.1) is 6.42 Å². The molecule has 1 N–H and O–H groups in total. The van der Waals surface area contributed by atoms with E-state index in [4.69, 9.17) is 6.42 Å².